The molecule has 288 valence electrons. The summed E-state index contributed by atoms with van der Waals surface area (Å²) < 4.78 is 104. The van der Waals surface area contributed by atoms with E-state index in [9.17, 15) is 59.0 Å². The van der Waals surface area contributed by atoms with Crippen LogP contribution in [0.5, 0.6) is 0 Å². The van der Waals surface area contributed by atoms with Crippen LogP contribution in [-0.4, -0.2) is 131 Å². The van der Waals surface area contributed by atoms with E-state index in [1.54, 1.807) is 0 Å². The molecule has 11 N–H and O–H groups in total. The first-order valence-corrected chi connectivity index (χ1v) is 21.5. The van der Waals surface area contributed by atoms with Gasteiger partial charge in [-0.1, -0.05) is 6.42 Å². The lowest BCUT2D eigenvalue weighted by atomic mass is 9.65. The van der Waals surface area contributed by atoms with Gasteiger partial charge >= 0.3 is 5.97 Å². The molecule has 0 aromatic carbocycles. The van der Waals surface area contributed by atoms with Crippen LogP contribution in [0.2, 0.25) is 0 Å². The highest BCUT2D eigenvalue weighted by Gasteiger charge is 2.57. The fourth-order valence-corrected chi connectivity index (χ4v) is 11.9. The minimum atomic E-state index is -4.98. The highest BCUT2D eigenvalue weighted by Crippen LogP contribution is 2.46. The van der Waals surface area contributed by atoms with Crippen LogP contribution >= 0.6 is 11.6 Å². The third kappa shape index (κ3) is 9.48. The molecule has 0 spiro atoms. The van der Waals surface area contributed by atoms with Gasteiger partial charge in [-0.2, -0.15) is 35.5 Å². The van der Waals surface area contributed by atoms with Gasteiger partial charge in [0.25, 0.3) is 30.4 Å². The van der Waals surface area contributed by atoms with E-state index in [0.29, 0.717) is 25.7 Å². The third-order valence-corrected chi connectivity index (χ3v) is 15.1. The summed E-state index contributed by atoms with van der Waals surface area (Å²) in [7, 11) is -14.0. The number of hydrogen-bond acceptors (Lipinski definition) is 16. The molecular weight excluding hydrogens is 750 g/mol. The Bertz CT molecular complexity index is 1590. The number of alkyl halides is 1. The Morgan fingerprint density at radius 3 is 2.02 bits per heavy atom. The molecule has 5 aliphatic rings. The third-order valence-electron chi connectivity index (χ3n) is 10.8. The van der Waals surface area contributed by atoms with E-state index < -0.39 is 125 Å². The Balaban J connectivity index is 1.38. The fourth-order valence-electron chi connectivity index (χ4n) is 8.46. The smallest absolute Gasteiger partial charge is 0.308 e. The number of halogens is 1. The second-order valence-electron chi connectivity index (χ2n) is 14.0. The van der Waals surface area contributed by atoms with E-state index >= 15 is 0 Å². The van der Waals surface area contributed by atoms with Crippen LogP contribution in [-0.2, 0) is 35.1 Å². The molecular formula is C26H46ClN7O13S3. The van der Waals surface area contributed by atoms with Gasteiger partial charge in [-0.3, -0.25) is 45.0 Å². The maximum atomic E-state index is 12.6. The average molecular weight is 796 g/mol. The molecule has 50 heavy (non-hydrogen) atoms. The molecule has 15 atom stereocenters. The van der Waals surface area contributed by atoms with Gasteiger partial charge in [0.2, 0.25) is 0 Å². The first-order chi connectivity index (χ1) is 23.2. The van der Waals surface area contributed by atoms with Crippen LogP contribution in [0.1, 0.15) is 64.2 Å². The summed E-state index contributed by atoms with van der Waals surface area (Å²) >= 11 is 6.16. The van der Waals surface area contributed by atoms with Crippen molar-refractivity contribution in [2.45, 2.75) is 135 Å². The van der Waals surface area contributed by atoms with Crippen molar-refractivity contribution in [3.05, 3.63) is 0 Å². The quantitative estimate of drug-likeness (QED) is 0.0670. The topological polar surface area (TPSA) is 326 Å². The molecule has 0 radical (unpaired) electrons. The van der Waals surface area contributed by atoms with Crippen molar-refractivity contribution in [3.8, 4) is 0 Å². The van der Waals surface area contributed by atoms with Crippen molar-refractivity contribution in [2.75, 3.05) is 0 Å². The normalized spacial score (nSPS) is 43.7. The number of aliphatic hydroxyl groups excluding tert-OH is 2. The number of fused-ring (bicyclic) bond motifs is 1. The second kappa shape index (κ2) is 15.7. The first kappa shape index (κ1) is 40.0. The maximum Gasteiger partial charge on any atom is 0.308 e. The SMILES string of the molecule is O=C(O)C1CC(Cl)CCC1N=NC1C(O)C2C(NC3NC(O)NC(NC4CCCC(S(=O)(=O)O)C4)N3)CCC(S(=O)(=O)O)C2CC1S(=O)(=O)O. The van der Waals surface area contributed by atoms with E-state index in [0.717, 1.165) is 0 Å². The first-order valence-electron chi connectivity index (χ1n) is 16.5. The van der Waals surface area contributed by atoms with Crippen molar-refractivity contribution in [2.24, 2.45) is 28.0 Å². The number of nitrogens with zero attached hydrogens (tertiary/aromatic N) is 2. The molecule has 15 unspecified atom stereocenters. The van der Waals surface area contributed by atoms with Crippen LogP contribution in [0, 0.1) is 17.8 Å². The molecule has 1 aliphatic heterocycles. The largest absolute Gasteiger partial charge is 0.481 e. The zero-order valence-corrected chi connectivity index (χ0v) is 30.0. The van der Waals surface area contributed by atoms with Crippen molar-refractivity contribution in [3.63, 3.8) is 0 Å². The van der Waals surface area contributed by atoms with Crippen LogP contribution in [0.15, 0.2) is 10.2 Å². The molecule has 5 rings (SSSR count). The number of nitrogens with one attached hydrogen (secondary N) is 5. The maximum absolute atomic E-state index is 12.6. The number of azo groups is 1. The molecule has 4 aliphatic carbocycles. The number of aliphatic carboxylic acids is 1. The number of carboxylic acids is 1. The molecule has 0 aromatic heterocycles. The Morgan fingerprint density at radius 2 is 1.40 bits per heavy atom. The average Bonchev–Trinajstić information content (AvgIpc) is 2.99. The van der Waals surface area contributed by atoms with Gasteiger partial charge in [0.05, 0.1) is 28.6 Å². The highest BCUT2D eigenvalue weighted by molar-refractivity contribution is 7.87. The van der Waals surface area contributed by atoms with Crippen LogP contribution < -0.4 is 26.6 Å². The lowest BCUT2D eigenvalue weighted by Crippen LogP contribution is -2.77. The molecule has 20 nitrogen and oxygen atoms in total. The van der Waals surface area contributed by atoms with E-state index in [4.69, 9.17) is 11.6 Å². The lowest BCUT2D eigenvalue weighted by Gasteiger charge is -2.51. The van der Waals surface area contributed by atoms with E-state index in [-0.39, 0.29) is 38.1 Å². The van der Waals surface area contributed by atoms with Crippen LogP contribution in [0.25, 0.3) is 0 Å². The Hall–Kier alpha value is -1.19. The summed E-state index contributed by atoms with van der Waals surface area (Å²) in [6, 6.07) is -3.67. The van der Waals surface area contributed by atoms with Crippen molar-refractivity contribution in [1.82, 2.24) is 26.6 Å². The predicted octanol–water partition coefficient (Wildman–Crippen LogP) is -1.66. The van der Waals surface area contributed by atoms with Gasteiger partial charge in [0.1, 0.15) is 23.9 Å². The molecule has 4 saturated carbocycles. The minimum absolute atomic E-state index is 0.0457. The number of carbonyl (C=O) groups is 1. The Kier molecular flexibility index (Phi) is 12.5. The summed E-state index contributed by atoms with van der Waals surface area (Å²) in [5.41, 5.74) is 0. The van der Waals surface area contributed by atoms with Gasteiger partial charge in [-0.25, -0.2) is 0 Å². The molecule has 1 heterocycles. The summed E-state index contributed by atoms with van der Waals surface area (Å²) in [4.78, 5) is 11.9. The zero-order valence-electron chi connectivity index (χ0n) is 26.8. The van der Waals surface area contributed by atoms with E-state index in [2.05, 4.69) is 36.8 Å². The van der Waals surface area contributed by atoms with E-state index in [1.165, 1.54) is 0 Å². The van der Waals surface area contributed by atoms with Gasteiger partial charge < -0.3 is 15.3 Å². The molecule has 0 aromatic rings. The predicted molar refractivity (Wildman–Crippen MR) is 175 cm³/mol. The lowest BCUT2D eigenvalue weighted by molar-refractivity contribution is -0.143. The molecule has 1 saturated heterocycles. The number of aliphatic hydroxyl groups is 2. The monoisotopic (exact) mass is 795 g/mol. The standard InChI is InChI=1S/C26H46ClN7O13S3/c27-11-4-5-16(14(8-11)23(36)37)33-34-21-19(50(45,46)47)10-15-18(49(42,43)44)7-6-17(20(15)22(21)35)29-25-30-24(31-26(38)32-25)28-12-2-1-3-13(9-12)48(39,40)41/h11-22,24-26,28-32,35,38H,1-10H2,(H,36,37)(H,39,40,41)(H,42,43,44)(H,45,46,47). The molecule has 0 amide bonds. The molecule has 5 fully saturated rings. The number of carboxylic acid groups (broad SMARTS) is 1. The van der Waals surface area contributed by atoms with Crippen LogP contribution in [0.4, 0.5) is 0 Å². The Morgan fingerprint density at radius 1 is 0.740 bits per heavy atom. The van der Waals surface area contributed by atoms with Crippen molar-refractivity contribution >= 4 is 47.9 Å². The number of rotatable bonds is 10. The summed E-state index contributed by atoms with van der Waals surface area (Å²) in [5.74, 6) is -4.50. The van der Waals surface area contributed by atoms with Gasteiger partial charge in [0.15, 0.2) is 6.35 Å². The zero-order chi connectivity index (χ0) is 36.8. The molecule has 0 bridgehead atoms. The summed E-state index contributed by atoms with van der Waals surface area (Å²) in [6.07, 6.45) is -3.15. The van der Waals surface area contributed by atoms with Gasteiger partial charge in [0, 0.05) is 23.4 Å². The number of hydrogen-bond donors (Lipinski definition) is 11. The molecule has 24 heteroatoms. The Labute approximate surface area is 295 Å². The van der Waals surface area contributed by atoms with E-state index in [1.807, 2.05) is 0 Å². The highest BCUT2D eigenvalue weighted by atomic mass is 35.5. The fraction of sp³-hybridized carbons (Fsp3) is 0.962. The van der Waals surface area contributed by atoms with Gasteiger partial charge in [-0.15, -0.1) is 11.6 Å². The van der Waals surface area contributed by atoms with Gasteiger partial charge in [-0.05, 0) is 63.7 Å². The second-order valence-corrected chi connectivity index (χ2v) is 19.6. The van der Waals surface area contributed by atoms with Crippen LogP contribution in [0.3, 0.4) is 0 Å². The minimum Gasteiger partial charge on any atom is -0.481 e. The van der Waals surface area contributed by atoms with Crippen molar-refractivity contribution in [1.29, 1.82) is 0 Å². The summed E-state index contributed by atoms with van der Waals surface area (Å²) in [5, 5.41) is 50.7. The van der Waals surface area contributed by atoms with Crippen molar-refractivity contribution < 1.29 is 59.0 Å². The summed E-state index contributed by atoms with van der Waals surface area (Å²) in [6.45, 7) is 0.